The summed E-state index contributed by atoms with van der Waals surface area (Å²) in [7, 11) is 1.47. The number of carbonyl (C=O) groups excluding carboxylic acids is 1. The summed E-state index contributed by atoms with van der Waals surface area (Å²) in [6, 6.07) is 12.6. The lowest BCUT2D eigenvalue weighted by atomic mass is 10.0. The highest BCUT2D eigenvalue weighted by atomic mass is 16.5. The van der Waals surface area contributed by atoms with E-state index in [9.17, 15) is 9.59 Å². The lowest BCUT2D eigenvalue weighted by molar-refractivity contribution is -0.136. The van der Waals surface area contributed by atoms with Crippen molar-refractivity contribution in [3.05, 3.63) is 70.8 Å². The number of carboxylic acid groups (broad SMARTS) is 1. The Hall–Kier alpha value is -2.88. The highest BCUT2D eigenvalue weighted by Gasteiger charge is 2.11. The molecule has 0 spiro atoms. The van der Waals surface area contributed by atoms with Crippen LogP contribution in [0, 0.1) is 6.92 Å². The second-order valence-corrected chi connectivity index (χ2v) is 5.21. The van der Waals surface area contributed by atoms with Gasteiger partial charge in [0.1, 0.15) is 5.75 Å². The van der Waals surface area contributed by atoms with E-state index in [1.165, 1.54) is 13.2 Å². The van der Waals surface area contributed by atoms with Crippen LogP contribution in [-0.2, 0) is 11.2 Å². The van der Waals surface area contributed by atoms with Gasteiger partial charge in [-0.3, -0.25) is 9.59 Å². The van der Waals surface area contributed by atoms with Crippen LogP contribution < -0.4 is 4.74 Å². The van der Waals surface area contributed by atoms with Crippen LogP contribution in [0.1, 0.15) is 27.0 Å². The van der Waals surface area contributed by atoms with Gasteiger partial charge in [-0.15, -0.1) is 0 Å². The molecule has 0 aliphatic rings. The molecule has 2 rings (SSSR count). The van der Waals surface area contributed by atoms with Crippen molar-refractivity contribution in [2.24, 2.45) is 0 Å². The SMILES string of the molecule is COc1ccc(C(=O)/C=C/c2ccc(C)cc2)cc1CC(=O)O. The Kier molecular flexibility index (Phi) is 5.31. The second kappa shape index (κ2) is 7.40. The number of benzene rings is 2. The molecule has 118 valence electrons. The Morgan fingerprint density at radius 2 is 1.83 bits per heavy atom. The van der Waals surface area contributed by atoms with Crippen LogP contribution in [0.25, 0.3) is 6.08 Å². The molecule has 0 saturated carbocycles. The molecular weight excluding hydrogens is 292 g/mol. The van der Waals surface area contributed by atoms with E-state index >= 15 is 0 Å². The Balaban J connectivity index is 2.21. The Morgan fingerprint density at radius 1 is 1.13 bits per heavy atom. The molecule has 0 fully saturated rings. The van der Waals surface area contributed by atoms with Crippen molar-refractivity contribution in [1.29, 1.82) is 0 Å². The summed E-state index contributed by atoms with van der Waals surface area (Å²) in [5.74, 6) is -0.686. The van der Waals surface area contributed by atoms with Gasteiger partial charge in [0.15, 0.2) is 5.78 Å². The van der Waals surface area contributed by atoms with Gasteiger partial charge >= 0.3 is 5.97 Å². The summed E-state index contributed by atoms with van der Waals surface area (Å²) < 4.78 is 5.13. The molecule has 4 nitrogen and oxygen atoms in total. The topological polar surface area (TPSA) is 63.6 Å². The van der Waals surface area contributed by atoms with E-state index in [0.29, 0.717) is 16.9 Å². The van der Waals surface area contributed by atoms with Gasteiger partial charge in [-0.05, 0) is 36.8 Å². The van der Waals surface area contributed by atoms with Crippen LogP contribution in [-0.4, -0.2) is 24.0 Å². The molecule has 1 N–H and O–H groups in total. The molecule has 0 atom stereocenters. The third-order valence-electron chi connectivity index (χ3n) is 3.41. The number of ketones is 1. The van der Waals surface area contributed by atoms with Gasteiger partial charge in [0.2, 0.25) is 0 Å². The standard InChI is InChI=1S/C19H18O4/c1-13-3-5-14(6-4-13)7-9-17(20)15-8-10-18(23-2)16(11-15)12-19(21)22/h3-11H,12H2,1-2H3,(H,21,22)/b9-7+. The highest BCUT2D eigenvalue weighted by Crippen LogP contribution is 2.21. The Bertz CT molecular complexity index is 742. The van der Waals surface area contributed by atoms with Gasteiger partial charge < -0.3 is 9.84 Å². The fraction of sp³-hybridized carbons (Fsp3) is 0.158. The normalized spacial score (nSPS) is 10.7. The van der Waals surface area contributed by atoms with E-state index in [1.54, 1.807) is 24.3 Å². The van der Waals surface area contributed by atoms with E-state index in [0.717, 1.165) is 11.1 Å². The first-order chi connectivity index (χ1) is 11.0. The lowest BCUT2D eigenvalue weighted by Gasteiger charge is -2.08. The number of aryl methyl sites for hydroxylation is 1. The van der Waals surface area contributed by atoms with Crippen molar-refractivity contribution in [2.45, 2.75) is 13.3 Å². The number of ether oxygens (including phenoxy) is 1. The van der Waals surface area contributed by atoms with Gasteiger partial charge in [0.25, 0.3) is 0 Å². The quantitative estimate of drug-likeness (QED) is 0.655. The molecule has 2 aromatic carbocycles. The maximum absolute atomic E-state index is 12.2. The largest absolute Gasteiger partial charge is 0.496 e. The summed E-state index contributed by atoms with van der Waals surface area (Å²) in [4.78, 5) is 23.1. The monoisotopic (exact) mass is 310 g/mol. The molecule has 0 unspecified atom stereocenters. The molecule has 2 aromatic rings. The van der Waals surface area contributed by atoms with Crippen LogP contribution in [0.15, 0.2) is 48.5 Å². The van der Waals surface area contributed by atoms with Crippen LogP contribution in [0.5, 0.6) is 5.75 Å². The molecule has 4 heteroatoms. The van der Waals surface area contributed by atoms with Crippen molar-refractivity contribution in [3.8, 4) is 5.75 Å². The number of aliphatic carboxylic acids is 1. The van der Waals surface area contributed by atoms with Gasteiger partial charge in [0.05, 0.1) is 13.5 Å². The van der Waals surface area contributed by atoms with Crippen molar-refractivity contribution in [2.75, 3.05) is 7.11 Å². The minimum absolute atomic E-state index is 0.181. The predicted octanol–water partition coefficient (Wildman–Crippen LogP) is 3.53. The van der Waals surface area contributed by atoms with Crippen LogP contribution >= 0.6 is 0 Å². The van der Waals surface area contributed by atoms with Crippen molar-refractivity contribution < 1.29 is 19.4 Å². The predicted molar refractivity (Wildman–Crippen MR) is 88.9 cm³/mol. The molecule has 0 heterocycles. The van der Waals surface area contributed by atoms with E-state index in [-0.39, 0.29) is 12.2 Å². The maximum Gasteiger partial charge on any atom is 0.307 e. The summed E-state index contributed by atoms with van der Waals surface area (Å²) in [6.45, 7) is 2.00. The maximum atomic E-state index is 12.2. The smallest absolute Gasteiger partial charge is 0.307 e. The summed E-state index contributed by atoms with van der Waals surface area (Å²) in [5, 5.41) is 8.94. The minimum Gasteiger partial charge on any atom is -0.496 e. The first kappa shape index (κ1) is 16.5. The van der Waals surface area contributed by atoms with Gasteiger partial charge in [-0.2, -0.15) is 0 Å². The average molecular weight is 310 g/mol. The summed E-state index contributed by atoms with van der Waals surface area (Å²) >= 11 is 0. The van der Waals surface area contributed by atoms with Crippen LogP contribution in [0.3, 0.4) is 0 Å². The number of allylic oxidation sites excluding steroid dienone is 1. The number of carbonyl (C=O) groups is 2. The molecule has 0 amide bonds. The summed E-state index contributed by atoms with van der Waals surface area (Å²) in [6.07, 6.45) is 3.03. The zero-order valence-electron chi connectivity index (χ0n) is 13.1. The van der Waals surface area contributed by atoms with E-state index in [2.05, 4.69) is 0 Å². The Labute approximate surface area is 135 Å². The van der Waals surface area contributed by atoms with E-state index in [1.807, 2.05) is 31.2 Å². The fourth-order valence-electron chi connectivity index (χ4n) is 2.18. The first-order valence-electron chi connectivity index (χ1n) is 7.17. The molecule has 0 bridgehead atoms. The van der Waals surface area contributed by atoms with Gasteiger partial charge in [0, 0.05) is 11.1 Å². The van der Waals surface area contributed by atoms with Crippen LogP contribution in [0.4, 0.5) is 0 Å². The number of hydrogen-bond donors (Lipinski definition) is 1. The average Bonchev–Trinajstić information content (AvgIpc) is 2.53. The second-order valence-electron chi connectivity index (χ2n) is 5.21. The lowest BCUT2D eigenvalue weighted by Crippen LogP contribution is -2.04. The number of carboxylic acids is 1. The summed E-state index contributed by atoms with van der Waals surface area (Å²) in [5.41, 5.74) is 3.00. The fourth-order valence-corrected chi connectivity index (χ4v) is 2.18. The third-order valence-corrected chi connectivity index (χ3v) is 3.41. The van der Waals surface area contributed by atoms with E-state index in [4.69, 9.17) is 9.84 Å². The van der Waals surface area contributed by atoms with Crippen molar-refractivity contribution in [3.63, 3.8) is 0 Å². The van der Waals surface area contributed by atoms with Gasteiger partial charge in [-0.25, -0.2) is 0 Å². The Morgan fingerprint density at radius 3 is 2.43 bits per heavy atom. The molecular formula is C19H18O4. The zero-order valence-corrected chi connectivity index (χ0v) is 13.1. The van der Waals surface area contributed by atoms with Gasteiger partial charge in [-0.1, -0.05) is 35.9 Å². The van der Waals surface area contributed by atoms with Crippen molar-refractivity contribution in [1.82, 2.24) is 0 Å². The number of hydrogen-bond acceptors (Lipinski definition) is 3. The molecule has 0 radical (unpaired) electrons. The highest BCUT2D eigenvalue weighted by molar-refractivity contribution is 6.07. The number of methoxy groups -OCH3 is 1. The van der Waals surface area contributed by atoms with Crippen LogP contribution in [0.2, 0.25) is 0 Å². The zero-order chi connectivity index (χ0) is 16.8. The number of rotatable bonds is 6. The molecule has 0 aromatic heterocycles. The van der Waals surface area contributed by atoms with Crippen molar-refractivity contribution >= 4 is 17.8 Å². The molecule has 0 aliphatic heterocycles. The van der Waals surface area contributed by atoms with E-state index < -0.39 is 5.97 Å². The molecule has 0 aliphatic carbocycles. The first-order valence-corrected chi connectivity index (χ1v) is 7.17. The molecule has 0 saturated heterocycles. The molecule has 23 heavy (non-hydrogen) atoms. The minimum atomic E-state index is -0.969. The third kappa shape index (κ3) is 4.54.